The summed E-state index contributed by atoms with van der Waals surface area (Å²) in [7, 11) is 0. The van der Waals surface area contributed by atoms with Crippen molar-refractivity contribution in [1.29, 1.82) is 0 Å². The number of hydrogen-bond acceptors (Lipinski definition) is 3. The minimum absolute atomic E-state index is 0.0141. The number of carbonyl (C=O) groups excluding carboxylic acids is 1. The van der Waals surface area contributed by atoms with Gasteiger partial charge in [0.25, 0.3) is 11.5 Å². The number of benzene rings is 1. The van der Waals surface area contributed by atoms with Crippen molar-refractivity contribution in [2.75, 3.05) is 0 Å². The molecule has 21 heavy (non-hydrogen) atoms. The van der Waals surface area contributed by atoms with E-state index in [4.69, 9.17) is 0 Å². The molecule has 0 aliphatic heterocycles. The van der Waals surface area contributed by atoms with Gasteiger partial charge in [0.2, 0.25) is 0 Å². The highest BCUT2D eigenvalue weighted by molar-refractivity contribution is 9.10. The molecule has 0 spiro atoms. The third-order valence-electron chi connectivity index (χ3n) is 2.57. The monoisotopic (exact) mass is 362 g/mol. The van der Waals surface area contributed by atoms with Gasteiger partial charge in [-0.05, 0) is 28.1 Å². The summed E-state index contributed by atoms with van der Waals surface area (Å²) >= 11 is 3.06. The minimum atomic E-state index is -4.97. The Morgan fingerprint density at radius 3 is 2.38 bits per heavy atom. The van der Waals surface area contributed by atoms with E-state index in [0.29, 0.717) is 4.47 Å². The fourth-order valence-electron chi connectivity index (χ4n) is 1.59. The van der Waals surface area contributed by atoms with Crippen LogP contribution in [0.25, 0.3) is 0 Å². The molecule has 2 aromatic rings. The molecule has 0 amide bonds. The molecule has 0 radical (unpaired) electrons. The van der Waals surface area contributed by atoms with Crippen LogP contribution < -0.4 is 11.2 Å². The first kappa shape index (κ1) is 15.2. The summed E-state index contributed by atoms with van der Waals surface area (Å²) in [5, 5.41) is 0. The topological polar surface area (TPSA) is 71.9 Å². The zero-order chi connectivity index (χ0) is 15.8. The summed E-state index contributed by atoms with van der Waals surface area (Å²) < 4.78 is 38.5. The molecule has 1 aromatic heterocycles. The largest absolute Gasteiger partial charge is 0.423 e. The average Bonchev–Trinajstić information content (AvgIpc) is 2.37. The summed E-state index contributed by atoms with van der Waals surface area (Å²) in [4.78, 5) is 36.3. The number of rotatable bonds is 1. The number of carbonyl (C=O) groups is 1. The number of H-pyrrole nitrogens is 1. The van der Waals surface area contributed by atoms with E-state index >= 15 is 0 Å². The molecular weight excluding hydrogens is 357 g/mol. The van der Waals surface area contributed by atoms with E-state index in [1.165, 1.54) is 23.2 Å². The molecule has 0 saturated heterocycles. The fourth-order valence-corrected chi connectivity index (χ4v) is 2.04. The van der Waals surface area contributed by atoms with Gasteiger partial charge in [-0.25, -0.2) is 9.36 Å². The van der Waals surface area contributed by atoms with Gasteiger partial charge in [0, 0.05) is 10.7 Å². The van der Waals surface area contributed by atoms with Crippen molar-refractivity contribution in [2.45, 2.75) is 6.18 Å². The first-order chi connectivity index (χ1) is 9.71. The van der Waals surface area contributed by atoms with E-state index in [1.807, 2.05) is 0 Å². The third kappa shape index (κ3) is 2.97. The number of hydrogen-bond donors (Lipinski definition) is 1. The Morgan fingerprint density at radius 1 is 1.19 bits per heavy atom. The second-order valence-corrected chi connectivity index (χ2v) is 4.81. The molecule has 1 N–H and O–H groups in total. The van der Waals surface area contributed by atoms with Crippen LogP contribution in [0.3, 0.4) is 0 Å². The highest BCUT2D eigenvalue weighted by atomic mass is 79.9. The zero-order valence-corrected chi connectivity index (χ0v) is 11.7. The van der Waals surface area contributed by atoms with Crippen molar-refractivity contribution < 1.29 is 18.0 Å². The van der Waals surface area contributed by atoms with Crippen LogP contribution in [0.4, 0.5) is 13.2 Å². The van der Waals surface area contributed by atoms with E-state index in [9.17, 15) is 27.6 Å². The second-order valence-electron chi connectivity index (χ2n) is 3.95. The van der Waals surface area contributed by atoms with Crippen LogP contribution in [0, 0.1) is 0 Å². The SMILES string of the molecule is O=C(c1ccccc1Br)n1cc(C(F)(F)F)c(=O)[nH]c1=O. The van der Waals surface area contributed by atoms with Gasteiger partial charge in [0.05, 0.1) is 5.56 Å². The molecule has 5 nitrogen and oxygen atoms in total. The molecule has 9 heteroatoms. The summed E-state index contributed by atoms with van der Waals surface area (Å²) in [5.41, 5.74) is -4.47. The molecule has 110 valence electrons. The maximum absolute atomic E-state index is 12.6. The number of aromatic nitrogens is 2. The van der Waals surface area contributed by atoms with Gasteiger partial charge < -0.3 is 0 Å². The van der Waals surface area contributed by atoms with Crippen LogP contribution in [0.15, 0.2) is 44.5 Å². The highest BCUT2D eigenvalue weighted by Gasteiger charge is 2.35. The Balaban J connectivity index is 2.65. The van der Waals surface area contributed by atoms with Crippen LogP contribution in [-0.4, -0.2) is 15.5 Å². The van der Waals surface area contributed by atoms with Crippen molar-refractivity contribution in [2.24, 2.45) is 0 Å². The predicted molar refractivity (Wildman–Crippen MR) is 70.2 cm³/mol. The Kier molecular flexibility index (Phi) is 3.86. The van der Waals surface area contributed by atoms with E-state index < -0.39 is 28.9 Å². The van der Waals surface area contributed by atoms with E-state index in [-0.39, 0.29) is 16.3 Å². The first-order valence-corrected chi connectivity index (χ1v) is 6.23. The maximum atomic E-state index is 12.6. The molecule has 0 aliphatic carbocycles. The smallest absolute Gasteiger partial charge is 0.273 e. The van der Waals surface area contributed by atoms with Gasteiger partial charge in [-0.2, -0.15) is 13.2 Å². The minimum Gasteiger partial charge on any atom is -0.273 e. The summed E-state index contributed by atoms with van der Waals surface area (Å²) in [5.74, 6) is -0.991. The zero-order valence-electron chi connectivity index (χ0n) is 10.1. The molecule has 0 saturated carbocycles. The lowest BCUT2D eigenvalue weighted by Crippen LogP contribution is -2.37. The summed E-state index contributed by atoms with van der Waals surface area (Å²) in [6.45, 7) is 0. The molecule has 1 heterocycles. The number of nitrogens with zero attached hydrogens (tertiary/aromatic N) is 1. The van der Waals surface area contributed by atoms with Crippen molar-refractivity contribution in [3.63, 3.8) is 0 Å². The van der Waals surface area contributed by atoms with Crippen LogP contribution in [0.1, 0.15) is 15.9 Å². The maximum Gasteiger partial charge on any atom is 0.423 e. The molecule has 0 unspecified atom stereocenters. The fraction of sp³-hybridized carbons (Fsp3) is 0.0833. The normalized spacial score (nSPS) is 11.4. The Hall–Kier alpha value is -2.16. The summed E-state index contributed by atoms with van der Waals surface area (Å²) in [6, 6.07) is 5.91. The lowest BCUT2D eigenvalue weighted by atomic mass is 10.2. The molecule has 0 bridgehead atoms. The Bertz CT molecular complexity index is 823. The van der Waals surface area contributed by atoms with Crippen molar-refractivity contribution >= 4 is 21.8 Å². The molecule has 0 aliphatic rings. The van der Waals surface area contributed by atoms with Gasteiger partial charge >= 0.3 is 11.9 Å². The van der Waals surface area contributed by atoms with Crippen LogP contribution in [-0.2, 0) is 6.18 Å². The van der Waals surface area contributed by atoms with Crippen molar-refractivity contribution in [3.8, 4) is 0 Å². The molecule has 2 rings (SSSR count). The number of halogens is 4. The van der Waals surface area contributed by atoms with Gasteiger partial charge in [-0.1, -0.05) is 12.1 Å². The lowest BCUT2D eigenvalue weighted by molar-refractivity contribution is -0.139. The van der Waals surface area contributed by atoms with Crippen LogP contribution >= 0.6 is 15.9 Å². The standard InChI is InChI=1S/C12H6BrF3N2O3/c13-8-4-2-1-3-6(8)10(20)18-5-7(12(14,15)16)9(19)17-11(18)21/h1-5H,(H,17,19,21). The number of aromatic amines is 1. The third-order valence-corrected chi connectivity index (χ3v) is 3.26. The van der Waals surface area contributed by atoms with Crippen molar-refractivity contribution in [1.82, 2.24) is 9.55 Å². The first-order valence-electron chi connectivity index (χ1n) is 5.44. The Labute approximate surface area is 123 Å². The number of nitrogens with one attached hydrogen (secondary N) is 1. The summed E-state index contributed by atoms with van der Waals surface area (Å²) in [6.07, 6.45) is -4.78. The lowest BCUT2D eigenvalue weighted by Gasteiger charge is -2.09. The van der Waals surface area contributed by atoms with Gasteiger partial charge in [0.15, 0.2) is 0 Å². The Morgan fingerprint density at radius 2 is 1.81 bits per heavy atom. The van der Waals surface area contributed by atoms with Gasteiger partial charge in [-0.3, -0.25) is 14.6 Å². The van der Waals surface area contributed by atoms with Gasteiger partial charge in [0.1, 0.15) is 5.56 Å². The van der Waals surface area contributed by atoms with Crippen LogP contribution in [0.5, 0.6) is 0 Å². The predicted octanol–water partition coefficient (Wildman–Crippen LogP) is 2.01. The molecule has 0 atom stereocenters. The molecule has 1 aromatic carbocycles. The van der Waals surface area contributed by atoms with Gasteiger partial charge in [-0.15, -0.1) is 0 Å². The van der Waals surface area contributed by atoms with E-state index in [2.05, 4.69) is 15.9 Å². The van der Waals surface area contributed by atoms with E-state index in [0.717, 1.165) is 0 Å². The van der Waals surface area contributed by atoms with Crippen molar-refractivity contribution in [3.05, 3.63) is 66.9 Å². The average molecular weight is 363 g/mol. The number of alkyl halides is 3. The van der Waals surface area contributed by atoms with Crippen LogP contribution in [0.2, 0.25) is 0 Å². The second kappa shape index (κ2) is 5.32. The molecular formula is C12H6BrF3N2O3. The highest BCUT2D eigenvalue weighted by Crippen LogP contribution is 2.25. The quantitative estimate of drug-likeness (QED) is 0.843. The van der Waals surface area contributed by atoms with E-state index in [1.54, 1.807) is 6.07 Å². The molecule has 0 fully saturated rings.